The van der Waals surface area contributed by atoms with Crippen molar-refractivity contribution in [3.05, 3.63) is 108 Å². The summed E-state index contributed by atoms with van der Waals surface area (Å²) in [6.07, 6.45) is 1.84. The van der Waals surface area contributed by atoms with E-state index in [2.05, 4.69) is 58.6 Å². The smallest absolute Gasteiger partial charge is 0.326 e. The van der Waals surface area contributed by atoms with Crippen LogP contribution in [0.1, 0.15) is 29.8 Å². The van der Waals surface area contributed by atoms with Gasteiger partial charge in [-0.2, -0.15) is 0 Å². The summed E-state index contributed by atoms with van der Waals surface area (Å²) in [4.78, 5) is 31.0. The Hall–Kier alpha value is -4.23. The first-order chi connectivity index (χ1) is 18.4. The Balaban J connectivity index is 1.45. The maximum absolute atomic E-state index is 12.6. The predicted octanol–water partition coefficient (Wildman–Crippen LogP) is 6.51. The second-order valence-corrected chi connectivity index (χ2v) is 10.2. The largest absolute Gasteiger partial charge is 0.480 e. The van der Waals surface area contributed by atoms with Crippen molar-refractivity contribution in [1.29, 1.82) is 0 Å². The number of benzene rings is 3. The number of nitrogens with one attached hydrogen (secondary N) is 1. The summed E-state index contributed by atoms with van der Waals surface area (Å²) >= 11 is 1.58. The number of aliphatic carboxylic acids is 1. The molecule has 1 unspecified atom stereocenters. The van der Waals surface area contributed by atoms with Crippen LogP contribution in [-0.4, -0.2) is 34.6 Å². The van der Waals surface area contributed by atoms with Crippen LogP contribution in [0.2, 0.25) is 0 Å². The van der Waals surface area contributed by atoms with Gasteiger partial charge in [-0.3, -0.25) is 4.79 Å². The summed E-state index contributed by atoms with van der Waals surface area (Å²) in [5, 5.41) is 14.9. The molecule has 0 aliphatic carbocycles. The van der Waals surface area contributed by atoms with Gasteiger partial charge in [0.2, 0.25) is 0 Å². The van der Waals surface area contributed by atoms with Crippen LogP contribution < -0.4 is 10.2 Å². The van der Waals surface area contributed by atoms with Crippen LogP contribution in [0, 0.1) is 5.92 Å². The number of aromatic nitrogens is 1. The Morgan fingerprint density at radius 3 is 2.21 bits per heavy atom. The first-order valence-electron chi connectivity index (χ1n) is 12.5. The molecule has 0 spiro atoms. The highest BCUT2D eigenvalue weighted by Gasteiger charge is 2.24. The number of carboxylic acids is 1. The monoisotopic (exact) mass is 525 g/mol. The zero-order valence-electron chi connectivity index (χ0n) is 21.5. The van der Waals surface area contributed by atoms with Gasteiger partial charge in [-0.05, 0) is 34.7 Å². The lowest BCUT2D eigenvalue weighted by molar-refractivity contribution is -0.140. The van der Waals surface area contributed by atoms with Gasteiger partial charge in [-0.1, -0.05) is 86.7 Å². The van der Waals surface area contributed by atoms with Crippen molar-refractivity contribution in [3.8, 4) is 22.4 Å². The maximum atomic E-state index is 12.6. The van der Waals surface area contributed by atoms with E-state index in [1.165, 1.54) is 5.56 Å². The molecule has 4 aromatic rings. The zero-order chi connectivity index (χ0) is 27.1. The Labute approximate surface area is 227 Å². The molecule has 0 fully saturated rings. The molecular weight excluding hydrogens is 494 g/mol. The SMILES string of the molecule is C=CCN(Cc1ccc(C(=O)NC(C(=O)O)C(C)C)cc1)c1nc(-c2ccc(-c3ccccc3)cc2)cs1. The molecule has 0 aliphatic heterocycles. The van der Waals surface area contributed by atoms with Crippen LogP contribution >= 0.6 is 11.3 Å². The van der Waals surface area contributed by atoms with Crippen molar-refractivity contribution >= 4 is 28.3 Å². The molecule has 194 valence electrons. The predicted molar refractivity (Wildman–Crippen MR) is 154 cm³/mol. The van der Waals surface area contributed by atoms with Gasteiger partial charge >= 0.3 is 5.97 Å². The summed E-state index contributed by atoms with van der Waals surface area (Å²) in [6.45, 7) is 8.64. The third-order valence-electron chi connectivity index (χ3n) is 6.21. The molecule has 3 aromatic carbocycles. The van der Waals surface area contributed by atoms with E-state index in [1.807, 2.05) is 36.4 Å². The van der Waals surface area contributed by atoms with Crippen LogP contribution in [0.25, 0.3) is 22.4 Å². The first-order valence-corrected chi connectivity index (χ1v) is 13.3. The van der Waals surface area contributed by atoms with E-state index in [-0.39, 0.29) is 5.92 Å². The van der Waals surface area contributed by atoms with E-state index in [4.69, 9.17) is 4.98 Å². The van der Waals surface area contributed by atoms with Crippen LogP contribution in [0.4, 0.5) is 5.13 Å². The summed E-state index contributed by atoms with van der Waals surface area (Å²) in [6, 6.07) is 25.0. The van der Waals surface area contributed by atoms with Crippen molar-refractivity contribution in [2.75, 3.05) is 11.4 Å². The van der Waals surface area contributed by atoms with Crippen LogP contribution in [-0.2, 0) is 11.3 Å². The first kappa shape index (κ1) is 26.8. The zero-order valence-corrected chi connectivity index (χ0v) is 22.3. The number of hydrogen-bond acceptors (Lipinski definition) is 5. The molecule has 0 saturated carbocycles. The van der Waals surface area contributed by atoms with Crippen molar-refractivity contribution < 1.29 is 14.7 Å². The van der Waals surface area contributed by atoms with Crippen LogP contribution in [0.5, 0.6) is 0 Å². The fraction of sp³-hybridized carbons (Fsp3) is 0.194. The average Bonchev–Trinajstić information content (AvgIpc) is 3.42. The number of carbonyl (C=O) groups is 2. The Bertz CT molecular complexity index is 1380. The second-order valence-electron chi connectivity index (χ2n) is 9.36. The molecule has 1 atom stereocenters. The van der Waals surface area contributed by atoms with Gasteiger partial charge in [-0.25, -0.2) is 9.78 Å². The van der Waals surface area contributed by atoms with E-state index >= 15 is 0 Å². The van der Waals surface area contributed by atoms with Gasteiger partial charge in [-0.15, -0.1) is 17.9 Å². The quantitative estimate of drug-likeness (QED) is 0.218. The summed E-state index contributed by atoms with van der Waals surface area (Å²) < 4.78 is 0. The fourth-order valence-electron chi connectivity index (χ4n) is 4.09. The molecule has 1 amide bonds. The van der Waals surface area contributed by atoms with Crippen LogP contribution in [0.3, 0.4) is 0 Å². The highest BCUT2D eigenvalue weighted by molar-refractivity contribution is 7.14. The van der Waals surface area contributed by atoms with Gasteiger partial charge < -0.3 is 15.3 Å². The molecule has 1 aromatic heterocycles. The third kappa shape index (κ3) is 6.55. The van der Waals surface area contributed by atoms with Crippen molar-refractivity contribution in [2.24, 2.45) is 5.92 Å². The summed E-state index contributed by atoms with van der Waals surface area (Å²) in [5.41, 5.74) is 5.75. The Morgan fingerprint density at radius 2 is 1.61 bits per heavy atom. The fourth-order valence-corrected chi connectivity index (χ4v) is 4.94. The number of nitrogens with zero attached hydrogens (tertiary/aromatic N) is 2. The van der Waals surface area contributed by atoms with E-state index in [0.29, 0.717) is 18.7 Å². The van der Waals surface area contributed by atoms with Crippen molar-refractivity contribution in [1.82, 2.24) is 10.3 Å². The molecule has 2 N–H and O–H groups in total. The van der Waals surface area contributed by atoms with Gasteiger partial charge in [0.1, 0.15) is 6.04 Å². The third-order valence-corrected chi connectivity index (χ3v) is 7.11. The number of amides is 1. The van der Waals surface area contributed by atoms with E-state index < -0.39 is 17.9 Å². The highest BCUT2D eigenvalue weighted by atomic mass is 32.1. The molecular formula is C31H31N3O3S. The maximum Gasteiger partial charge on any atom is 0.326 e. The van der Waals surface area contributed by atoms with E-state index in [9.17, 15) is 14.7 Å². The van der Waals surface area contributed by atoms with Gasteiger partial charge in [0.05, 0.1) is 5.69 Å². The summed E-state index contributed by atoms with van der Waals surface area (Å²) in [5.74, 6) is -1.66. The number of anilines is 1. The number of thiazole rings is 1. The molecule has 4 rings (SSSR count). The van der Waals surface area contributed by atoms with Gasteiger partial charge in [0.15, 0.2) is 5.13 Å². The molecule has 0 radical (unpaired) electrons. The Morgan fingerprint density at radius 1 is 0.974 bits per heavy atom. The molecule has 0 aliphatic rings. The number of rotatable bonds is 11. The van der Waals surface area contributed by atoms with Crippen LogP contribution in [0.15, 0.2) is 96.9 Å². The van der Waals surface area contributed by atoms with Crippen molar-refractivity contribution in [3.63, 3.8) is 0 Å². The van der Waals surface area contributed by atoms with E-state index in [1.54, 1.807) is 37.3 Å². The van der Waals surface area contributed by atoms with Crippen molar-refractivity contribution in [2.45, 2.75) is 26.4 Å². The van der Waals surface area contributed by atoms with Gasteiger partial charge in [0, 0.05) is 29.6 Å². The number of carboxylic acid groups (broad SMARTS) is 1. The lowest BCUT2D eigenvalue weighted by Crippen LogP contribution is -2.44. The molecule has 38 heavy (non-hydrogen) atoms. The lowest BCUT2D eigenvalue weighted by Gasteiger charge is -2.20. The standard InChI is InChI=1S/C31H31N3O3S/c1-4-18-34(19-22-10-12-26(13-11-22)29(35)33-28(21(2)3)30(36)37)31-32-27(20-38-31)25-16-14-24(15-17-25)23-8-6-5-7-9-23/h4-17,20-21,28H,1,18-19H2,2-3H3,(H,33,35)(H,36,37). The Kier molecular flexibility index (Phi) is 8.71. The highest BCUT2D eigenvalue weighted by Crippen LogP contribution is 2.30. The second kappa shape index (κ2) is 12.3. The molecule has 0 saturated heterocycles. The van der Waals surface area contributed by atoms with Gasteiger partial charge in [0.25, 0.3) is 5.91 Å². The molecule has 1 heterocycles. The number of carbonyl (C=O) groups excluding carboxylic acids is 1. The molecule has 7 heteroatoms. The minimum Gasteiger partial charge on any atom is -0.480 e. The topological polar surface area (TPSA) is 82.5 Å². The average molecular weight is 526 g/mol. The normalized spacial score (nSPS) is 11.7. The molecule has 6 nitrogen and oxygen atoms in total. The lowest BCUT2D eigenvalue weighted by atomic mass is 10.0. The minimum atomic E-state index is -1.04. The molecule has 0 bridgehead atoms. The van der Waals surface area contributed by atoms with E-state index in [0.717, 1.165) is 27.5 Å². The number of hydrogen-bond donors (Lipinski definition) is 2. The summed E-state index contributed by atoms with van der Waals surface area (Å²) in [7, 11) is 0. The minimum absolute atomic E-state index is 0.215.